The van der Waals surface area contributed by atoms with Gasteiger partial charge in [-0.1, -0.05) is 17.7 Å². The van der Waals surface area contributed by atoms with Crippen LogP contribution in [0.4, 0.5) is 10.1 Å². The van der Waals surface area contributed by atoms with Crippen LogP contribution in [0.5, 0.6) is 0 Å². The second kappa shape index (κ2) is 7.05. The maximum Gasteiger partial charge on any atom is 0.251 e. The van der Waals surface area contributed by atoms with Gasteiger partial charge in [0, 0.05) is 11.3 Å². The molecule has 2 aromatic carbocycles. The molecule has 0 aliphatic carbocycles. The van der Waals surface area contributed by atoms with Crippen molar-refractivity contribution in [3.05, 3.63) is 64.5 Å². The summed E-state index contributed by atoms with van der Waals surface area (Å²) >= 11 is 0. The van der Waals surface area contributed by atoms with Gasteiger partial charge in [-0.25, -0.2) is 4.39 Å². The van der Waals surface area contributed by atoms with Gasteiger partial charge in [0.25, 0.3) is 5.91 Å². The fraction of sp³-hybridized carbons (Fsp3) is 0.222. The number of amides is 2. The fourth-order valence-electron chi connectivity index (χ4n) is 2.42. The molecule has 0 fully saturated rings. The molecule has 2 rings (SSSR count). The van der Waals surface area contributed by atoms with Crippen LogP contribution in [-0.4, -0.2) is 18.4 Å². The van der Waals surface area contributed by atoms with Crippen LogP contribution < -0.4 is 10.6 Å². The molecule has 0 bridgehead atoms. The van der Waals surface area contributed by atoms with Gasteiger partial charge in [-0.2, -0.15) is 0 Å². The topological polar surface area (TPSA) is 58.2 Å². The number of hydrogen-bond donors (Lipinski definition) is 2. The predicted octanol–water partition coefficient (Wildman–Crippen LogP) is 3.12. The SMILES string of the molecule is Cc1cc(C)c(NC(=O)CNC(=O)c2ccc(F)cc2)c(C)c1. The molecule has 0 spiro atoms. The lowest BCUT2D eigenvalue weighted by Gasteiger charge is -2.13. The monoisotopic (exact) mass is 314 g/mol. The van der Waals surface area contributed by atoms with E-state index in [1.807, 2.05) is 32.9 Å². The average Bonchev–Trinajstić information content (AvgIpc) is 2.49. The van der Waals surface area contributed by atoms with Crippen molar-refractivity contribution >= 4 is 17.5 Å². The molecule has 0 saturated heterocycles. The van der Waals surface area contributed by atoms with Crippen molar-refractivity contribution in [2.45, 2.75) is 20.8 Å². The number of aryl methyl sites for hydroxylation is 3. The van der Waals surface area contributed by atoms with E-state index in [4.69, 9.17) is 0 Å². The quantitative estimate of drug-likeness (QED) is 0.911. The van der Waals surface area contributed by atoms with Crippen molar-refractivity contribution < 1.29 is 14.0 Å². The van der Waals surface area contributed by atoms with Crippen molar-refractivity contribution in [2.75, 3.05) is 11.9 Å². The summed E-state index contributed by atoms with van der Waals surface area (Å²) in [5.41, 5.74) is 4.14. The second-order valence-electron chi connectivity index (χ2n) is 5.51. The molecule has 5 heteroatoms. The minimum Gasteiger partial charge on any atom is -0.343 e. The molecule has 0 aliphatic rings. The Morgan fingerprint density at radius 1 is 1.00 bits per heavy atom. The molecule has 0 unspecified atom stereocenters. The Morgan fingerprint density at radius 3 is 2.13 bits per heavy atom. The number of nitrogens with one attached hydrogen (secondary N) is 2. The Labute approximate surface area is 134 Å². The molecule has 0 aromatic heterocycles. The third-order valence-electron chi connectivity index (χ3n) is 3.46. The second-order valence-corrected chi connectivity index (χ2v) is 5.51. The Morgan fingerprint density at radius 2 is 1.57 bits per heavy atom. The van der Waals surface area contributed by atoms with Crippen LogP contribution in [0, 0.1) is 26.6 Å². The molecule has 0 radical (unpaired) electrons. The van der Waals surface area contributed by atoms with Crippen LogP contribution >= 0.6 is 0 Å². The minimum absolute atomic E-state index is 0.150. The summed E-state index contributed by atoms with van der Waals surface area (Å²) in [5, 5.41) is 5.32. The molecule has 120 valence electrons. The number of benzene rings is 2. The van der Waals surface area contributed by atoms with Crippen molar-refractivity contribution in [3.63, 3.8) is 0 Å². The van der Waals surface area contributed by atoms with Gasteiger partial charge >= 0.3 is 0 Å². The summed E-state index contributed by atoms with van der Waals surface area (Å²) < 4.78 is 12.8. The zero-order chi connectivity index (χ0) is 17.0. The highest BCUT2D eigenvalue weighted by Gasteiger charge is 2.11. The predicted molar refractivity (Wildman–Crippen MR) is 88.0 cm³/mol. The van der Waals surface area contributed by atoms with Crippen molar-refractivity contribution in [2.24, 2.45) is 0 Å². The van der Waals surface area contributed by atoms with Crippen LogP contribution in [0.3, 0.4) is 0 Å². The standard InChI is InChI=1S/C18H19FN2O2/c1-11-8-12(2)17(13(3)9-11)21-16(22)10-20-18(23)14-4-6-15(19)7-5-14/h4-9H,10H2,1-3H3,(H,20,23)(H,21,22). The van der Waals surface area contributed by atoms with E-state index in [1.165, 1.54) is 24.3 Å². The highest BCUT2D eigenvalue weighted by Crippen LogP contribution is 2.21. The molecule has 2 amide bonds. The number of carbonyl (C=O) groups excluding carboxylic acids is 2. The van der Waals surface area contributed by atoms with Crippen LogP contribution in [-0.2, 0) is 4.79 Å². The minimum atomic E-state index is -0.419. The Hall–Kier alpha value is -2.69. The third-order valence-corrected chi connectivity index (χ3v) is 3.46. The normalized spacial score (nSPS) is 10.3. The molecule has 4 nitrogen and oxygen atoms in total. The highest BCUT2D eigenvalue weighted by atomic mass is 19.1. The first-order valence-electron chi connectivity index (χ1n) is 7.28. The molecular formula is C18H19FN2O2. The summed E-state index contributed by atoms with van der Waals surface area (Å²) in [6.07, 6.45) is 0. The van der Waals surface area contributed by atoms with E-state index >= 15 is 0 Å². The maximum atomic E-state index is 12.8. The van der Waals surface area contributed by atoms with Crippen LogP contribution in [0.1, 0.15) is 27.0 Å². The lowest BCUT2D eigenvalue weighted by molar-refractivity contribution is -0.115. The van der Waals surface area contributed by atoms with Gasteiger partial charge in [-0.3, -0.25) is 9.59 Å². The fourth-order valence-corrected chi connectivity index (χ4v) is 2.42. The smallest absolute Gasteiger partial charge is 0.251 e. The highest BCUT2D eigenvalue weighted by molar-refractivity contribution is 5.99. The summed E-state index contributed by atoms with van der Waals surface area (Å²) in [6.45, 7) is 5.69. The molecule has 0 atom stereocenters. The van der Waals surface area contributed by atoms with E-state index in [1.54, 1.807) is 0 Å². The number of halogens is 1. The van der Waals surface area contributed by atoms with E-state index in [9.17, 15) is 14.0 Å². The molecular weight excluding hydrogens is 295 g/mol. The number of hydrogen-bond acceptors (Lipinski definition) is 2. The van der Waals surface area contributed by atoms with Gasteiger partial charge in [0.15, 0.2) is 0 Å². The van der Waals surface area contributed by atoms with E-state index < -0.39 is 11.7 Å². The van der Waals surface area contributed by atoms with Crippen molar-refractivity contribution in [1.82, 2.24) is 5.32 Å². The first-order chi connectivity index (χ1) is 10.9. The Kier molecular flexibility index (Phi) is 5.11. The summed E-state index contributed by atoms with van der Waals surface area (Å²) in [4.78, 5) is 23.9. The Balaban J connectivity index is 1.95. The van der Waals surface area contributed by atoms with Crippen LogP contribution in [0.15, 0.2) is 36.4 Å². The lowest BCUT2D eigenvalue weighted by atomic mass is 10.1. The average molecular weight is 314 g/mol. The molecule has 0 aliphatic heterocycles. The summed E-state index contributed by atoms with van der Waals surface area (Å²) in [5.74, 6) is -1.14. The number of carbonyl (C=O) groups is 2. The summed E-state index contributed by atoms with van der Waals surface area (Å²) in [7, 11) is 0. The van der Waals surface area contributed by atoms with Gasteiger partial charge in [0.1, 0.15) is 5.82 Å². The molecule has 2 aromatic rings. The Bertz CT molecular complexity index is 716. The molecule has 0 saturated carbocycles. The van der Waals surface area contributed by atoms with Crippen molar-refractivity contribution in [1.29, 1.82) is 0 Å². The van der Waals surface area contributed by atoms with E-state index in [0.717, 1.165) is 22.4 Å². The van der Waals surface area contributed by atoms with Crippen LogP contribution in [0.25, 0.3) is 0 Å². The van der Waals surface area contributed by atoms with Gasteiger partial charge in [-0.15, -0.1) is 0 Å². The summed E-state index contributed by atoms with van der Waals surface area (Å²) in [6, 6.07) is 9.12. The zero-order valence-electron chi connectivity index (χ0n) is 13.4. The first kappa shape index (κ1) is 16.7. The third kappa shape index (κ3) is 4.39. The van der Waals surface area contributed by atoms with Crippen LogP contribution in [0.2, 0.25) is 0 Å². The van der Waals surface area contributed by atoms with Crippen molar-refractivity contribution in [3.8, 4) is 0 Å². The van der Waals surface area contributed by atoms with E-state index in [2.05, 4.69) is 10.6 Å². The lowest BCUT2D eigenvalue weighted by Crippen LogP contribution is -2.33. The zero-order valence-corrected chi connectivity index (χ0v) is 13.4. The maximum absolute atomic E-state index is 12.8. The van der Waals surface area contributed by atoms with E-state index in [0.29, 0.717) is 5.56 Å². The molecule has 23 heavy (non-hydrogen) atoms. The number of anilines is 1. The number of rotatable bonds is 4. The first-order valence-corrected chi connectivity index (χ1v) is 7.28. The van der Waals surface area contributed by atoms with Gasteiger partial charge < -0.3 is 10.6 Å². The largest absolute Gasteiger partial charge is 0.343 e. The van der Waals surface area contributed by atoms with Gasteiger partial charge in [0.2, 0.25) is 5.91 Å². The van der Waals surface area contributed by atoms with E-state index in [-0.39, 0.29) is 12.5 Å². The van der Waals surface area contributed by atoms with Gasteiger partial charge in [0.05, 0.1) is 6.54 Å². The molecule has 0 heterocycles. The van der Waals surface area contributed by atoms with Gasteiger partial charge in [-0.05, 0) is 56.2 Å². The molecule has 2 N–H and O–H groups in total.